The molecule has 1 spiro atoms. The van der Waals surface area contributed by atoms with E-state index in [1.54, 1.807) is 0 Å². The average Bonchev–Trinajstić information content (AvgIpc) is 2.92. The van der Waals surface area contributed by atoms with Crippen LogP contribution in [0.15, 0.2) is 24.3 Å². The summed E-state index contributed by atoms with van der Waals surface area (Å²) < 4.78 is 43.6. The van der Waals surface area contributed by atoms with E-state index in [0.717, 1.165) is 52.6 Å². The zero-order valence-corrected chi connectivity index (χ0v) is 34.6. The van der Waals surface area contributed by atoms with Crippen molar-refractivity contribution in [2.45, 2.75) is 181 Å². The molecule has 4 rings (SSSR count). The second kappa shape index (κ2) is 13.3. The third kappa shape index (κ3) is 7.16. The van der Waals surface area contributed by atoms with Crippen LogP contribution in [0.2, 0.25) is 0 Å². The molecular weight excluding hydrogens is 650 g/mol. The lowest BCUT2D eigenvalue weighted by Gasteiger charge is -2.53. The molecule has 2 atom stereocenters. The van der Waals surface area contributed by atoms with Gasteiger partial charge >= 0.3 is 26.7 Å². The Morgan fingerprint density at radius 3 is 1.12 bits per heavy atom. The van der Waals surface area contributed by atoms with Crippen molar-refractivity contribution in [3.05, 3.63) is 57.6 Å². The van der Waals surface area contributed by atoms with Crippen molar-refractivity contribution in [1.82, 2.24) is 0 Å². The summed E-state index contributed by atoms with van der Waals surface area (Å²) in [4.78, 5) is 26.3. The Kier molecular flexibility index (Phi) is 10.8. The van der Waals surface area contributed by atoms with Gasteiger partial charge in [0.25, 0.3) is 0 Å². The maximum Gasteiger partial charge on any atom is 0.420 e. The third-order valence-electron chi connectivity index (χ3n) is 11.0. The molecule has 0 amide bonds. The fourth-order valence-corrected chi connectivity index (χ4v) is 11.5. The first-order valence-corrected chi connectivity index (χ1v) is 20.6. The van der Waals surface area contributed by atoms with Crippen LogP contribution < -0.4 is 19.3 Å². The van der Waals surface area contributed by atoms with Gasteiger partial charge in [0.2, 0.25) is 0 Å². The van der Waals surface area contributed by atoms with Crippen LogP contribution in [0.3, 0.4) is 0 Å². The quantitative estimate of drug-likeness (QED) is 0.218. The lowest BCUT2D eigenvalue weighted by molar-refractivity contribution is -0.235. The zero-order valence-electron chi connectivity index (χ0n) is 32.8. The summed E-state index contributed by atoms with van der Waals surface area (Å²) in [6.07, 6.45) is 4.64. The highest BCUT2D eigenvalue weighted by molar-refractivity contribution is 7.58. The van der Waals surface area contributed by atoms with Gasteiger partial charge in [0, 0.05) is 28.7 Å². The van der Waals surface area contributed by atoms with Gasteiger partial charge < -0.3 is 19.3 Å². The number of hydrogen-bond donors (Lipinski definition) is 0. The first-order chi connectivity index (χ1) is 22.2. The summed E-state index contributed by atoms with van der Waals surface area (Å²) in [5.74, 6) is -1.01. The summed E-state index contributed by atoms with van der Waals surface area (Å²) in [5.41, 5.74) is 3.05. The lowest BCUT2D eigenvalue weighted by atomic mass is 9.62. The number of hydrogen-bond acceptors (Lipinski definition) is 6. The van der Waals surface area contributed by atoms with Crippen LogP contribution in [0.4, 0.5) is 0 Å². The highest BCUT2D eigenvalue weighted by atomic mass is 31.2. The second-order valence-electron chi connectivity index (χ2n) is 19.2. The number of ether oxygens (including phenoxy) is 2. The first kappa shape index (κ1) is 39.9. The van der Waals surface area contributed by atoms with Crippen molar-refractivity contribution in [1.29, 1.82) is 0 Å². The molecular formula is C41H62O6P2. The van der Waals surface area contributed by atoms with Crippen LogP contribution in [0.25, 0.3) is 0 Å². The van der Waals surface area contributed by atoms with E-state index in [1.807, 2.05) is 0 Å². The Morgan fingerprint density at radius 2 is 0.837 bits per heavy atom. The molecule has 49 heavy (non-hydrogen) atoms. The van der Waals surface area contributed by atoms with Gasteiger partial charge in [-0.1, -0.05) is 147 Å². The summed E-state index contributed by atoms with van der Waals surface area (Å²) in [6, 6.07) is 8.39. The molecule has 2 fully saturated rings. The summed E-state index contributed by atoms with van der Waals surface area (Å²) in [7, 11) is -7.21. The Labute approximate surface area is 298 Å². The van der Waals surface area contributed by atoms with Gasteiger partial charge in [0.1, 0.15) is 11.5 Å². The molecule has 2 saturated carbocycles. The molecule has 2 aliphatic carbocycles. The molecule has 2 aromatic rings. The molecule has 0 aromatic heterocycles. The SMILES string of the molecule is Cc1cc(C(C)(C)C)c(OC2(Oc3c(C(C)(C)C)cc(C)cc3C(C)(C)C)CCCC3(CCCCC3)C2([P+](=O)[O-])[P+](=O)[O-])c(C(C)(C)C)c1. The molecule has 6 nitrogen and oxygen atoms in total. The topological polar surface area (TPSA) is 98.7 Å². The molecule has 272 valence electrons. The van der Waals surface area contributed by atoms with Crippen LogP contribution in [0.5, 0.6) is 11.5 Å². The van der Waals surface area contributed by atoms with Crippen LogP contribution in [0.1, 0.15) is 168 Å². The lowest BCUT2D eigenvalue weighted by Crippen LogP contribution is -2.70. The molecule has 8 heteroatoms. The van der Waals surface area contributed by atoms with Gasteiger partial charge in [0.15, 0.2) is 0 Å². The highest BCUT2D eigenvalue weighted by Crippen LogP contribution is 2.73. The van der Waals surface area contributed by atoms with Gasteiger partial charge in [-0.3, -0.25) is 0 Å². The van der Waals surface area contributed by atoms with Gasteiger partial charge in [-0.2, -0.15) is 0 Å². The predicted octanol–water partition coefficient (Wildman–Crippen LogP) is 10.7. The number of aryl methyl sites for hydroxylation is 2. The monoisotopic (exact) mass is 712 g/mol. The van der Waals surface area contributed by atoms with E-state index >= 15 is 0 Å². The summed E-state index contributed by atoms with van der Waals surface area (Å²) >= 11 is 0. The minimum atomic E-state index is -3.60. The fourth-order valence-electron chi connectivity index (χ4n) is 8.56. The minimum Gasteiger partial charge on any atom is -0.591 e. The average molecular weight is 713 g/mol. The normalized spacial score (nSPS) is 22.1. The Morgan fingerprint density at radius 1 is 0.531 bits per heavy atom. The van der Waals surface area contributed by atoms with E-state index in [1.165, 1.54) is 0 Å². The Hall–Kier alpha value is -1.84. The maximum absolute atomic E-state index is 14.3. The molecule has 2 aliphatic rings. The van der Waals surface area contributed by atoms with E-state index in [2.05, 4.69) is 121 Å². The zero-order chi connectivity index (χ0) is 37.2. The summed E-state index contributed by atoms with van der Waals surface area (Å²) in [6.45, 7) is 29.5. The molecule has 0 saturated heterocycles. The van der Waals surface area contributed by atoms with Gasteiger partial charge in [0.05, 0.1) is 5.41 Å². The third-order valence-corrected chi connectivity index (χ3v) is 14.7. The van der Waals surface area contributed by atoms with Crippen molar-refractivity contribution >= 4 is 16.1 Å². The van der Waals surface area contributed by atoms with Gasteiger partial charge in [-0.25, -0.2) is 0 Å². The second-order valence-corrected chi connectivity index (χ2v) is 21.9. The molecule has 0 aliphatic heterocycles. The van der Waals surface area contributed by atoms with Crippen LogP contribution in [-0.2, 0) is 30.8 Å². The van der Waals surface area contributed by atoms with Crippen molar-refractivity contribution in [2.75, 3.05) is 0 Å². The van der Waals surface area contributed by atoms with E-state index in [-0.39, 0.29) is 6.42 Å². The maximum atomic E-state index is 14.3. The molecule has 2 unspecified atom stereocenters. The Bertz CT molecular complexity index is 1420. The van der Waals surface area contributed by atoms with E-state index < -0.39 is 53.8 Å². The predicted molar refractivity (Wildman–Crippen MR) is 198 cm³/mol. The molecule has 0 bridgehead atoms. The van der Waals surface area contributed by atoms with Crippen molar-refractivity contribution in [2.24, 2.45) is 5.41 Å². The van der Waals surface area contributed by atoms with Crippen LogP contribution in [0, 0.1) is 19.3 Å². The largest absolute Gasteiger partial charge is 0.591 e. The molecule has 0 heterocycles. The minimum absolute atomic E-state index is 0.115. The first-order valence-electron chi connectivity index (χ1n) is 18.2. The number of benzene rings is 2. The van der Waals surface area contributed by atoms with E-state index in [4.69, 9.17) is 9.47 Å². The Balaban J connectivity index is 2.26. The van der Waals surface area contributed by atoms with Gasteiger partial charge in [-0.05, 0) is 61.2 Å². The van der Waals surface area contributed by atoms with E-state index in [0.29, 0.717) is 37.2 Å². The highest BCUT2D eigenvalue weighted by Gasteiger charge is 2.86. The standard InChI is InChI=1S/C41H62O6P2/c1-27-23-29(35(3,4)5)33(30(24-27)36(6,7)8)46-40(47-34-31(37(9,10)11)25-28(2)26-32(34)38(12,13)14)22-18-21-39(19-16-15-17-20-39)41(40,48(42)43)49(44)45/h23-26H,15-22H2,1-14H3. The fraction of sp³-hybridized carbons (Fsp3) is 0.707. The van der Waals surface area contributed by atoms with Crippen molar-refractivity contribution in [3.63, 3.8) is 0 Å². The summed E-state index contributed by atoms with van der Waals surface area (Å²) in [5, 5.41) is 0. The van der Waals surface area contributed by atoms with Crippen LogP contribution in [-0.4, -0.2) is 10.7 Å². The number of rotatable bonds is 6. The smallest absolute Gasteiger partial charge is 0.420 e. The molecule has 2 aromatic carbocycles. The molecule has 0 radical (unpaired) electrons. The van der Waals surface area contributed by atoms with Crippen molar-refractivity contribution in [3.8, 4) is 11.5 Å². The van der Waals surface area contributed by atoms with Crippen LogP contribution >= 0.6 is 16.1 Å². The molecule has 0 N–H and O–H groups in total. The van der Waals surface area contributed by atoms with Crippen molar-refractivity contribution < 1.29 is 28.4 Å². The van der Waals surface area contributed by atoms with Gasteiger partial charge in [-0.15, -0.1) is 0 Å². The van der Waals surface area contributed by atoms with E-state index in [9.17, 15) is 18.9 Å².